The van der Waals surface area contributed by atoms with Crippen molar-refractivity contribution in [2.24, 2.45) is 0 Å². The summed E-state index contributed by atoms with van der Waals surface area (Å²) in [5.41, 5.74) is 6.75. The summed E-state index contributed by atoms with van der Waals surface area (Å²) < 4.78 is 0. The monoisotopic (exact) mass is 314 g/mol. The first-order chi connectivity index (χ1) is 11.7. The van der Waals surface area contributed by atoms with Gasteiger partial charge in [0.15, 0.2) is 0 Å². The summed E-state index contributed by atoms with van der Waals surface area (Å²) in [6.07, 6.45) is 3.22. The Bertz CT molecular complexity index is 1010. The Morgan fingerprint density at radius 3 is 1.96 bits per heavy atom. The highest BCUT2D eigenvalue weighted by atomic mass is 16.3. The standard InChI is InChI=1S/C12H8O.C8H6N2O/c13-9-6-4-8(5-7-9)12-10-2-1-3-11(10)12;11-6-1-2-7-8(5-6)10-4-3-9-7/h1-7,13H;1-5,11H. The molecule has 0 radical (unpaired) electrons. The molecule has 2 aliphatic rings. The van der Waals surface area contributed by atoms with Crippen LogP contribution in [0.25, 0.3) is 33.3 Å². The van der Waals surface area contributed by atoms with E-state index in [4.69, 9.17) is 10.2 Å². The van der Waals surface area contributed by atoms with Gasteiger partial charge in [-0.1, -0.05) is 30.3 Å². The number of aromatic nitrogens is 2. The zero-order valence-corrected chi connectivity index (χ0v) is 12.7. The van der Waals surface area contributed by atoms with Crippen LogP contribution >= 0.6 is 0 Å². The van der Waals surface area contributed by atoms with E-state index in [2.05, 4.69) is 28.2 Å². The van der Waals surface area contributed by atoms with Crippen molar-refractivity contribution in [3.63, 3.8) is 0 Å². The van der Waals surface area contributed by atoms with Gasteiger partial charge in [0.2, 0.25) is 0 Å². The molecule has 0 aliphatic heterocycles. The van der Waals surface area contributed by atoms with Crippen LogP contribution in [0.3, 0.4) is 0 Å². The SMILES string of the molecule is Oc1ccc(-c2c3cccc2-3)cc1.Oc1ccc2nccnc2c1. The van der Waals surface area contributed by atoms with Crippen molar-refractivity contribution in [1.29, 1.82) is 0 Å². The summed E-state index contributed by atoms with van der Waals surface area (Å²) in [5, 5.41) is 18.2. The van der Waals surface area contributed by atoms with Crippen LogP contribution in [0, 0.1) is 0 Å². The minimum Gasteiger partial charge on any atom is -0.508 e. The van der Waals surface area contributed by atoms with Crippen LogP contribution in [-0.2, 0) is 0 Å². The van der Waals surface area contributed by atoms with Gasteiger partial charge in [0.25, 0.3) is 0 Å². The first-order valence-electron chi connectivity index (χ1n) is 7.55. The Kier molecular flexibility index (Phi) is 3.35. The van der Waals surface area contributed by atoms with E-state index in [0.29, 0.717) is 11.3 Å². The highest BCUT2D eigenvalue weighted by molar-refractivity contribution is 6.07. The molecule has 1 heterocycles. The van der Waals surface area contributed by atoms with Crippen LogP contribution in [0.5, 0.6) is 11.5 Å². The topological polar surface area (TPSA) is 66.2 Å². The third kappa shape index (κ3) is 2.65. The van der Waals surface area contributed by atoms with Crippen LogP contribution in [0.1, 0.15) is 0 Å². The van der Waals surface area contributed by atoms with Crippen molar-refractivity contribution in [3.8, 4) is 33.8 Å². The Hall–Kier alpha value is -3.40. The predicted molar refractivity (Wildman–Crippen MR) is 93.7 cm³/mol. The fourth-order valence-corrected chi connectivity index (χ4v) is 2.69. The lowest BCUT2D eigenvalue weighted by Crippen LogP contribution is -1.79. The molecule has 0 unspecified atom stereocenters. The highest BCUT2D eigenvalue weighted by Gasteiger charge is 2.24. The van der Waals surface area contributed by atoms with Crippen molar-refractivity contribution < 1.29 is 10.2 Å². The second kappa shape index (κ2) is 5.66. The van der Waals surface area contributed by atoms with E-state index in [1.54, 1.807) is 42.7 Å². The van der Waals surface area contributed by atoms with E-state index >= 15 is 0 Å². The van der Waals surface area contributed by atoms with Gasteiger partial charge in [0, 0.05) is 18.5 Å². The van der Waals surface area contributed by atoms with Crippen LogP contribution < -0.4 is 0 Å². The molecule has 3 aromatic rings. The second-order valence-corrected chi connectivity index (χ2v) is 5.50. The van der Waals surface area contributed by atoms with Crippen molar-refractivity contribution in [3.05, 3.63) is 73.1 Å². The molecule has 0 spiro atoms. The molecule has 2 aromatic carbocycles. The maximum Gasteiger partial charge on any atom is 0.117 e. The predicted octanol–water partition coefficient (Wildman–Crippen LogP) is 4.38. The maximum atomic E-state index is 9.12. The van der Waals surface area contributed by atoms with Crippen LogP contribution in [0.4, 0.5) is 0 Å². The molecule has 0 bridgehead atoms. The molecule has 1 aromatic heterocycles. The third-order valence-electron chi connectivity index (χ3n) is 3.90. The molecule has 0 amide bonds. The first-order valence-corrected chi connectivity index (χ1v) is 7.55. The molecule has 5 rings (SSSR count). The summed E-state index contributed by atoms with van der Waals surface area (Å²) in [4.78, 5) is 8.07. The molecule has 116 valence electrons. The van der Waals surface area contributed by atoms with Crippen LogP contribution in [0.2, 0.25) is 0 Å². The first kappa shape index (κ1) is 14.2. The molecule has 4 nitrogen and oxygen atoms in total. The van der Waals surface area contributed by atoms with Gasteiger partial charge in [-0.15, -0.1) is 0 Å². The molecular weight excluding hydrogens is 300 g/mol. The summed E-state index contributed by atoms with van der Waals surface area (Å²) in [5.74, 6) is 0.544. The molecule has 0 saturated heterocycles. The summed E-state index contributed by atoms with van der Waals surface area (Å²) >= 11 is 0. The average molecular weight is 314 g/mol. The number of phenols is 2. The lowest BCUT2D eigenvalue weighted by atomic mass is 10.2. The quantitative estimate of drug-likeness (QED) is 0.482. The van der Waals surface area contributed by atoms with Crippen molar-refractivity contribution in [1.82, 2.24) is 9.97 Å². The zero-order valence-electron chi connectivity index (χ0n) is 12.7. The molecule has 2 aliphatic carbocycles. The van der Waals surface area contributed by atoms with E-state index < -0.39 is 0 Å². The van der Waals surface area contributed by atoms with E-state index in [9.17, 15) is 0 Å². The number of phenolic OH excluding ortho intramolecular Hbond substituents is 2. The average Bonchev–Trinajstić information content (AvgIpc) is 3.08. The van der Waals surface area contributed by atoms with Crippen molar-refractivity contribution in [2.45, 2.75) is 0 Å². The van der Waals surface area contributed by atoms with Crippen molar-refractivity contribution >= 4 is 11.0 Å². The van der Waals surface area contributed by atoms with E-state index in [1.807, 2.05) is 12.1 Å². The van der Waals surface area contributed by atoms with Gasteiger partial charge in [0.1, 0.15) is 11.5 Å². The fourth-order valence-electron chi connectivity index (χ4n) is 2.69. The lowest BCUT2D eigenvalue weighted by molar-refractivity contribution is 0.475. The molecule has 0 saturated carbocycles. The molecule has 0 fully saturated rings. The van der Waals surface area contributed by atoms with Gasteiger partial charge in [-0.3, -0.25) is 9.97 Å². The van der Waals surface area contributed by atoms with Gasteiger partial charge >= 0.3 is 0 Å². The van der Waals surface area contributed by atoms with Gasteiger partial charge in [-0.25, -0.2) is 0 Å². The fraction of sp³-hybridized carbons (Fsp3) is 0. The molecule has 0 atom stereocenters. The summed E-state index contributed by atoms with van der Waals surface area (Å²) in [7, 11) is 0. The Morgan fingerprint density at radius 2 is 1.25 bits per heavy atom. The molecule has 2 N–H and O–H groups in total. The Balaban J connectivity index is 0.000000123. The minimum absolute atomic E-state index is 0.220. The summed E-state index contributed by atoms with van der Waals surface area (Å²) in [6.45, 7) is 0. The number of nitrogens with zero attached hydrogens (tertiary/aromatic N) is 2. The number of aromatic hydroxyl groups is 2. The van der Waals surface area contributed by atoms with E-state index in [1.165, 1.54) is 22.3 Å². The van der Waals surface area contributed by atoms with Gasteiger partial charge in [-0.2, -0.15) is 0 Å². The van der Waals surface area contributed by atoms with Gasteiger partial charge in [0.05, 0.1) is 11.0 Å². The largest absolute Gasteiger partial charge is 0.508 e. The number of hydrogen-bond donors (Lipinski definition) is 2. The summed E-state index contributed by atoms with van der Waals surface area (Å²) in [6, 6.07) is 18.6. The number of rotatable bonds is 1. The lowest BCUT2D eigenvalue weighted by Gasteiger charge is -1.94. The number of fused-ring (bicyclic) bond motifs is 2. The normalized spacial score (nSPS) is 10.8. The van der Waals surface area contributed by atoms with Gasteiger partial charge in [-0.05, 0) is 46.5 Å². The second-order valence-electron chi connectivity index (χ2n) is 5.50. The number of hydrogen-bond acceptors (Lipinski definition) is 4. The highest BCUT2D eigenvalue weighted by Crippen LogP contribution is 2.50. The molecule has 24 heavy (non-hydrogen) atoms. The minimum atomic E-state index is 0.220. The van der Waals surface area contributed by atoms with Crippen LogP contribution in [0.15, 0.2) is 73.1 Å². The van der Waals surface area contributed by atoms with E-state index in [-0.39, 0.29) is 5.75 Å². The molecular formula is C20H14N2O2. The van der Waals surface area contributed by atoms with Crippen molar-refractivity contribution in [2.75, 3.05) is 0 Å². The number of benzene rings is 3. The van der Waals surface area contributed by atoms with Crippen LogP contribution in [-0.4, -0.2) is 20.2 Å². The third-order valence-corrected chi connectivity index (χ3v) is 3.90. The Morgan fingerprint density at radius 1 is 0.625 bits per heavy atom. The zero-order chi connectivity index (χ0) is 16.5. The smallest absolute Gasteiger partial charge is 0.117 e. The maximum absolute atomic E-state index is 9.12. The van der Waals surface area contributed by atoms with Gasteiger partial charge < -0.3 is 10.2 Å². The Labute approximate surface area is 138 Å². The molecule has 4 heteroatoms. The van der Waals surface area contributed by atoms with E-state index in [0.717, 1.165) is 5.52 Å².